The van der Waals surface area contributed by atoms with E-state index in [1.165, 1.54) is 18.2 Å². The van der Waals surface area contributed by atoms with Gasteiger partial charge in [-0.05, 0) is 75.3 Å². The van der Waals surface area contributed by atoms with Crippen molar-refractivity contribution in [2.75, 3.05) is 11.9 Å². The van der Waals surface area contributed by atoms with Crippen LogP contribution in [0.15, 0.2) is 41.3 Å². The number of nitrogens with one attached hydrogen (secondary N) is 2. The molecule has 13 heteroatoms. The van der Waals surface area contributed by atoms with Gasteiger partial charge in [-0.15, -0.1) is 0 Å². The summed E-state index contributed by atoms with van der Waals surface area (Å²) in [5, 5.41) is 23.7. The fraction of sp³-hybridized carbons (Fsp3) is 0.440. The van der Waals surface area contributed by atoms with E-state index in [1.54, 1.807) is 13.8 Å². The monoisotopic (exact) mass is 588 g/mol. The number of halogens is 3. The van der Waals surface area contributed by atoms with E-state index in [9.17, 15) is 37.0 Å². The summed E-state index contributed by atoms with van der Waals surface area (Å²) in [6, 6.07) is 6.58. The van der Waals surface area contributed by atoms with Gasteiger partial charge in [-0.3, -0.25) is 9.59 Å². The van der Waals surface area contributed by atoms with Crippen LogP contribution in [0.2, 0.25) is 5.02 Å². The van der Waals surface area contributed by atoms with Crippen LogP contribution in [0.3, 0.4) is 0 Å². The molecule has 2 aromatic rings. The molecule has 0 aliphatic heterocycles. The summed E-state index contributed by atoms with van der Waals surface area (Å²) in [6.07, 6.45) is 0.851. The lowest BCUT2D eigenvalue weighted by Crippen LogP contribution is -2.60. The van der Waals surface area contributed by atoms with E-state index in [0.717, 1.165) is 18.2 Å². The van der Waals surface area contributed by atoms with Gasteiger partial charge in [0, 0.05) is 32.4 Å². The SMILES string of the molecule is CC(C)(O)CNC(=O)PC1(O)C2CC1CC(S(=O)(=O)c1cc(C(=O)Nc3ccc(F)c(F)c3)ccc1Cl)C2. The summed E-state index contributed by atoms with van der Waals surface area (Å²) in [5.41, 5.74) is -1.54. The molecule has 0 spiro atoms. The number of aliphatic hydroxyl groups is 2. The molecule has 3 aliphatic rings. The Bertz CT molecular complexity index is 1370. The molecule has 206 valence electrons. The molecule has 0 radical (unpaired) electrons. The highest BCUT2D eigenvalue weighted by Crippen LogP contribution is 2.62. The van der Waals surface area contributed by atoms with Crippen LogP contribution in [0, 0.1) is 23.5 Å². The summed E-state index contributed by atoms with van der Waals surface area (Å²) in [5.74, 6) is -3.75. The molecule has 3 aliphatic carbocycles. The fourth-order valence-electron chi connectivity index (χ4n) is 4.96. The van der Waals surface area contributed by atoms with Crippen LogP contribution < -0.4 is 10.6 Å². The fourth-order valence-corrected chi connectivity index (χ4v) is 8.78. The van der Waals surface area contributed by atoms with Gasteiger partial charge in [-0.25, -0.2) is 17.2 Å². The minimum absolute atomic E-state index is 0.00710. The van der Waals surface area contributed by atoms with Gasteiger partial charge < -0.3 is 20.8 Å². The topological polar surface area (TPSA) is 133 Å². The lowest BCUT2D eigenvalue weighted by atomic mass is 9.62. The maximum Gasteiger partial charge on any atom is 0.255 e. The minimum Gasteiger partial charge on any atom is -0.389 e. The number of rotatable bonds is 8. The number of benzene rings is 2. The molecule has 0 heterocycles. The lowest BCUT2D eigenvalue weighted by molar-refractivity contribution is -0.106. The average Bonchev–Trinajstić information content (AvgIpc) is 2.84. The van der Waals surface area contributed by atoms with E-state index in [0.29, 0.717) is 6.42 Å². The Morgan fingerprint density at radius 2 is 1.76 bits per heavy atom. The Hall–Kier alpha value is -2.17. The van der Waals surface area contributed by atoms with E-state index in [2.05, 4.69) is 10.6 Å². The van der Waals surface area contributed by atoms with Gasteiger partial charge in [0.2, 0.25) is 5.65 Å². The van der Waals surface area contributed by atoms with E-state index in [-0.39, 0.29) is 40.6 Å². The summed E-state index contributed by atoms with van der Waals surface area (Å²) >= 11 is 6.22. The molecule has 3 atom stereocenters. The summed E-state index contributed by atoms with van der Waals surface area (Å²) in [4.78, 5) is 24.8. The van der Waals surface area contributed by atoms with Crippen molar-refractivity contribution in [2.45, 2.75) is 54.2 Å². The molecule has 2 amide bonds. The summed E-state index contributed by atoms with van der Waals surface area (Å²) < 4.78 is 53.7. The number of amides is 2. The van der Waals surface area contributed by atoms with Crippen LogP contribution in [0.5, 0.6) is 0 Å². The predicted octanol–water partition coefficient (Wildman–Crippen LogP) is 4.29. The van der Waals surface area contributed by atoms with Crippen molar-refractivity contribution in [3.05, 3.63) is 58.6 Å². The van der Waals surface area contributed by atoms with Crippen LogP contribution in [0.25, 0.3) is 0 Å². The first kappa shape index (κ1) is 28.8. The predicted molar refractivity (Wildman–Crippen MR) is 141 cm³/mol. The van der Waals surface area contributed by atoms with Gasteiger partial charge in [-0.2, -0.15) is 0 Å². The Labute approximate surface area is 225 Å². The largest absolute Gasteiger partial charge is 0.389 e. The third-order valence-corrected chi connectivity index (χ3v) is 11.3. The standard InChI is InChI=1S/C25H28ClF2N2O6PS/c1-24(2,33)12-29-23(32)37-25(34)14-8-15(25)10-17(9-14)38(35,36)21-7-13(3-5-18(21)26)22(31)30-16-4-6-19(27)20(28)11-16/h3-7,11,14-15,17,33-34,37H,8-10,12H2,1-2H3,(H,29,32)(H,30,31). The third-order valence-electron chi connectivity index (χ3n) is 7.02. The second-order valence-corrected chi connectivity index (χ2v) is 14.6. The molecule has 5 rings (SSSR count). The van der Waals surface area contributed by atoms with E-state index in [4.69, 9.17) is 11.6 Å². The maximum atomic E-state index is 13.5. The molecule has 2 bridgehead atoms. The molecule has 4 N–H and O–H groups in total. The van der Waals surface area contributed by atoms with Crippen molar-refractivity contribution < 1.29 is 37.0 Å². The number of carbonyl (C=O) groups is 2. The second kappa shape index (κ2) is 10.4. The molecule has 3 unspecified atom stereocenters. The zero-order valence-electron chi connectivity index (χ0n) is 20.6. The van der Waals surface area contributed by atoms with Crippen LogP contribution in [0.1, 0.15) is 43.5 Å². The smallest absolute Gasteiger partial charge is 0.255 e. The Morgan fingerprint density at radius 3 is 2.37 bits per heavy atom. The first-order valence-electron chi connectivity index (χ1n) is 11.9. The third kappa shape index (κ3) is 5.87. The molecule has 38 heavy (non-hydrogen) atoms. The van der Waals surface area contributed by atoms with Crippen molar-refractivity contribution in [3.63, 3.8) is 0 Å². The Balaban J connectivity index is 1.47. The van der Waals surface area contributed by atoms with Gasteiger partial charge in [0.1, 0.15) is 0 Å². The van der Waals surface area contributed by atoms with Gasteiger partial charge in [0.25, 0.3) is 5.91 Å². The van der Waals surface area contributed by atoms with Crippen molar-refractivity contribution >= 4 is 47.3 Å². The number of hydrogen-bond acceptors (Lipinski definition) is 6. The molecular weight excluding hydrogens is 561 g/mol. The Morgan fingerprint density at radius 1 is 1.11 bits per heavy atom. The first-order chi connectivity index (χ1) is 17.6. The van der Waals surface area contributed by atoms with Crippen LogP contribution in [0.4, 0.5) is 19.3 Å². The van der Waals surface area contributed by atoms with Gasteiger partial charge in [-0.1, -0.05) is 11.6 Å². The molecule has 3 fully saturated rings. The van der Waals surface area contributed by atoms with Crippen LogP contribution in [-0.4, -0.2) is 52.9 Å². The van der Waals surface area contributed by atoms with Crippen molar-refractivity contribution in [3.8, 4) is 0 Å². The van der Waals surface area contributed by atoms with Crippen molar-refractivity contribution in [1.29, 1.82) is 0 Å². The molecule has 3 saturated carbocycles. The van der Waals surface area contributed by atoms with E-state index >= 15 is 0 Å². The molecule has 2 aromatic carbocycles. The number of fused-ring (bicyclic) bond motifs is 2. The van der Waals surface area contributed by atoms with E-state index < -0.39 is 69.6 Å². The zero-order valence-corrected chi connectivity index (χ0v) is 23.2. The van der Waals surface area contributed by atoms with Crippen molar-refractivity contribution in [1.82, 2.24) is 5.32 Å². The quantitative estimate of drug-likeness (QED) is 0.340. The van der Waals surface area contributed by atoms with Gasteiger partial charge in [0.05, 0.1) is 26.1 Å². The number of anilines is 1. The van der Waals surface area contributed by atoms with Crippen LogP contribution >= 0.6 is 20.2 Å². The average molecular weight is 589 g/mol. The lowest BCUT2D eigenvalue weighted by Gasteiger charge is -2.57. The van der Waals surface area contributed by atoms with Crippen molar-refractivity contribution in [2.24, 2.45) is 11.8 Å². The molecule has 0 saturated heterocycles. The normalized spacial score (nSPS) is 25.2. The van der Waals surface area contributed by atoms with Crippen LogP contribution in [-0.2, 0) is 9.84 Å². The minimum atomic E-state index is -4.01. The number of hydrogen-bond donors (Lipinski definition) is 4. The molecular formula is C25H28ClF2N2O6PS. The second-order valence-electron chi connectivity index (χ2n) is 10.4. The molecule has 8 nitrogen and oxygen atoms in total. The summed E-state index contributed by atoms with van der Waals surface area (Å²) in [7, 11) is -4.50. The highest BCUT2D eigenvalue weighted by molar-refractivity contribution is 7.92. The van der Waals surface area contributed by atoms with Gasteiger partial charge in [0.15, 0.2) is 21.5 Å². The summed E-state index contributed by atoms with van der Waals surface area (Å²) in [6.45, 7) is 3.12. The maximum absolute atomic E-state index is 13.5. The zero-order chi connectivity index (χ0) is 28.0. The highest BCUT2D eigenvalue weighted by atomic mass is 35.5. The first-order valence-corrected chi connectivity index (χ1v) is 14.8. The van der Waals surface area contributed by atoms with Gasteiger partial charge >= 0.3 is 0 Å². The molecule has 0 aromatic heterocycles. The Kier molecular flexibility index (Phi) is 7.91. The van der Waals surface area contributed by atoms with E-state index in [1.807, 2.05) is 0 Å². The number of carbonyl (C=O) groups excluding carboxylic acids is 2. The highest BCUT2D eigenvalue weighted by Gasteiger charge is 2.60. The number of sulfone groups is 1.